The quantitative estimate of drug-likeness (QED) is 0.332. The Labute approximate surface area is 180 Å². The van der Waals surface area contributed by atoms with Crippen LogP contribution in [0.5, 0.6) is 0 Å². The summed E-state index contributed by atoms with van der Waals surface area (Å²) in [5.41, 5.74) is 3.69. The number of ether oxygens (including phenoxy) is 1. The molecule has 0 aliphatic carbocycles. The van der Waals surface area contributed by atoms with Crippen LogP contribution in [0.25, 0.3) is 0 Å². The summed E-state index contributed by atoms with van der Waals surface area (Å²) in [6.45, 7) is 1.91. The number of hydrogen-bond acceptors (Lipinski definition) is 3. The van der Waals surface area contributed by atoms with Gasteiger partial charge in [-0.25, -0.2) is 0 Å². The maximum absolute atomic E-state index is 12.9. The molecule has 1 aliphatic heterocycles. The highest BCUT2D eigenvalue weighted by Gasteiger charge is 2.35. The number of halogens is 8. The Morgan fingerprint density at radius 1 is 0.793 bits per heavy atom. The smallest absolute Gasteiger partial charge is 0.398 e. The molecule has 2 N–H and O–H groups in total. The summed E-state index contributed by atoms with van der Waals surface area (Å²) in [5, 5.41) is 0. The monoisotopic (exact) mass is 548 g/mol. The van der Waals surface area contributed by atoms with Crippen LogP contribution in [0.4, 0.5) is 37.7 Å². The molecule has 0 radical (unpaired) electrons. The van der Waals surface area contributed by atoms with Crippen molar-refractivity contribution < 1.29 is 31.1 Å². The molecule has 0 saturated carbocycles. The number of nitrogen functional groups attached to an aromatic ring is 1. The lowest BCUT2D eigenvalue weighted by Gasteiger charge is -2.31. The van der Waals surface area contributed by atoms with E-state index in [1.54, 1.807) is 11.0 Å². The molecular weight excluding hydrogens is 534 g/mol. The maximum Gasteiger partial charge on any atom is 0.418 e. The molecule has 29 heavy (non-hydrogen) atoms. The first kappa shape index (κ1) is 23.8. The minimum atomic E-state index is -4.38. The van der Waals surface area contributed by atoms with Crippen LogP contribution in [-0.4, -0.2) is 26.3 Å². The SMILES string of the molecule is FC(F)(F)c1cc(Br)ccc1N1CCOCC1.Nc1ccc(Br)cc1C(F)(F)F. The number of alkyl halides is 6. The van der Waals surface area contributed by atoms with Gasteiger partial charge in [-0.05, 0) is 36.4 Å². The maximum atomic E-state index is 12.9. The van der Waals surface area contributed by atoms with Gasteiger partial charge in [-0.1, -0.05) is 31.9 Å². The predicted molar refractivity (Wildman–Crippen MR) is 106 cm³/mol. The minimum Gasteiger partial charge on any atom is -0.398 e. The van der Waals surface area contributed by atoms with Gasteiger partial charge in [0.25, 0.3) is 0 Å². The number of nitrogens with zero attached hydrogens (tertiary/aromatic N) is 1. The van der Waals surface area contributed by atoms with Crippen molar-refractivity contribution in [2.24, 2.45) is 0 Å². The van der Waals surface area contributed by atoms with E-state index in [1.165, 1.54) is 18.2 Å². The van der Waals surface area contributed by atoms with Gasteiger partial charge in [0, 0.05) is 33.4 Å². The van der Waals surface area contributed by atoms with Crippen molar-refractivity contribution in [2.45, 2.75) is 12.4 Å². The largest absolute Gasteiger partial charge is 0.418 e. The number of nitrogens with two attached hydrogens (primary N) is 1. The van der Waals surface area contributed by atoms with Crippen molar-refractivity contribution in [2.75, 3.05) is 36.9 Å². The van der Waals surface area contributed by atoms with Gasteiger partial charge in [0.05, 0.1) is 24.3 Å². The molecule has 1 heterocycles. The molecule has 1 fully saturated rings. The number of rotatable bonds is 1. The summed E-state index contributed by atoms with van der Waals surface area (Å²) in [4.78, 5) is 1.71. The van der Waals surface area contributed by atoms with Gasteiger partial charge in [0.1, 0.15) is 0 Å². The Balaban J connectivity index is 0.000000221. The first-order valence-corrected chi connectivity index (χ1v) is 9.80. The number of anilines is 2. The molecule has 3 nitrogen and oxygen atoms in total. The Morgan fingerprint density at radius 3 is 1.76 bits per heavy atom. The van der Waals surface area contributed by atoms with E-state index >= 15 is 0 Å². The highest BCUT2D eigenvalue weighted by atomic mass is 79.9. The minimum absolute atomic E-state index is 0.226. The fraction of sp³-hybridized carbons (Fsp3) is 0.333. The predicted octanol–water partition coefficient (Wildman–Crippen LogP) is 6.35. The Hall–Kier alpha value is -1.46. The van der Waals surface area contributed by atoms with Gasteiger partial charge in [-0.2, -0.15) is 26.3 Å². The van der Waals surface area contributed by atoms with E-state index in [9.17, 15) is 26.3 Å². The topological polar surface area (TPSA) is 38.5 Å². The van der Waals surface area contributed by atoms with Crippen molar-refractivity contribution in [3.05, 3.63) is 56.5 Å². The van der Waals surface area contributed by atoms with Crippen LogP contribution in [0.2, 0.25) is 0 Å². The second kappa shape index (κ2) is 9.57. The summed E-state index contributed by atoms with van der Waals surface area (Å²) in [5.74, 6) is 0. The van der Waals surface area contributed by atoms with Crippen molar-refractivity contribution in [1.29, 1.82) is 0 Å². The summed E-state index contributed by atoms with van der Waals surface area (Å²) in [7, 11) is 0. The highest BCUT2D eigenvalue weighted by molar-refractivity contribution is 9.10. The van der Waals surface area contributed by atoms with Crippen molar-refractivity contribution in [3.8, 4) is 0 Å². The molecule has 0 bridgehead atoms. The molecule has 0 aromatic heterocycles. The van der Waals surface area contributed by atoms with E-state index in [-0.39, 0.29) is 11.4 Å². The molecule has 1 aliphatic rings. The van der Waals surface area contributed by atoms with Gasteiger partial charge in [0.15, 0.2) is 0 Å². The van der Waals surface area contributed by atoms with Gasteiger partial charge in [0.2, 0.25) is 0 Å². The van der Waals surface area contributed by atoms with E-state index in [2.05, 4.69) is 31.9 Å². The van der Waals surface area contributed by atoms with Crippen LogP contribution in [0.1, 0.15) is 11.1 Å². The van der Waals surface area contributed by atoms with Crippen LogP contribution in [-0.2, 0) is 17.1 Å². The molecule has 160 valence electrons. The van der Waals surface area contributed by atoms with Crippen molar-refractivity contribution in [1.82, 2.24) is 0 Å². The van der Waals surface area contributed by atoms with Gasteiger partial charge in [-0.3, -0.25) is 0 Å². The average molecular weight is 550 g/mol. The third kappa shape index (κ3) is 6.78. The fourth-order valence-corrected chi connectivity index (χ4v) is 3.31. The van der Waals surface area contributed by atoms with Gasteiger partial charge < -0.3 is 15.4 Å². The van der Waals surface area contributed by atoms with Crippen molar-refractivity contribution in [3.63, 3.8) is 0 Å². The number of hydrogen-bond donors (Lipinski definition) is 1. The Bertz CT molecular complexity index is 836. The Morgan fingerprint density at radius 2 is 1.28 bits per heavy atom. The summed E-state index contributed by atoms with van der Waals surface area (Å²) in [6, 6.07) is 7.87. The normalized spacial score (nSPS) is 15.0. The zero-order chi connectivity index (χ0) is 21.8. The van der Waals surface area contributed by atoms with E-state index < -0.39 is 23.5 Å². The number of benzene rings is 2. The van der Waals surface area contributed by atoms with E-state index in [1.807, 2.05) is 0 Å². The molecule has 0 spiro atoms. The first-order chi connectivity index (χ1) is 13.4. The lowest BCUT2D eigenvalue weighted by atomic mass is 10.1. The van der Waals surface area contributed by atoms with Crippen LogP contribution in [0, 0.1) is 0 Å². The molecule has 2 aromatic carbocycles. The van der Waals surface area contributed by atoms with E-state index in [4.69, 9.17) is 10.5 Å². The summed E-state index contributed by atoms with van der Waals surface area (Å²) >= 11 is 6.00. The number of morpholine rings is 1. The third-order valence-corrected chi connectivity index (χ3v) is 4.92. The summed E-state index contributed by atoms with van der Waals surface area (Å²) < 4.78 is 81.0. The molecule has 0 atom stereocenters. The molecule has 2 aromatic rings. The van der Waals surface area contributed by atoms with Gasteiger partial charge >= 0.3 is 12.4 Å². The molecule has 1 saturated heterocycles. The molecule has 11 heteroatoms. The van der Waals surface area contributed by atoms with Crippen LogP contribution >= 0.6 is 31.9 Å². The zero-order valence-corrected chi connectivity index (χ0v) is 17.9. The third-order valence-electron chi connectivity index (χ3n) is 3.94. The standard InChI is InChI=1S/C11H11BrF3NO.C7H5BrF3N/c12-8-1-2-10(9(7-8)11(13,14)15)16-3-5-17-6-4-16;8-4-1-2-6(12)5(3-4)7(9,10)11/h1-2,7H,3-6H2;1-3H,12H2. The molecule has 3 rings (SSSR count). The second-order valence-corrected chi connectivity index (χ2v) is 7.82. The zero-order valence-electron chi connectivity index (χ0n) is 14.7. The van der Waals surface area contributed by atoms with E-state index in [0.29, 0.717) is 35.2 Å². The first-order valence-electron chi connectivity index (χ1n) is 8.21. The van der Waals surface area contributed by atoms with Crippen molar-refractivity contribution >= 4 is 43.2 Å². The Kier molecular flexibility index (Phi) is 7.86. The molecule has 0 unspecified atom stereocenters. The average Bonchev–Trinajstić information content (AvgIpc) is 2.63. The van der Waals surface area contributed by atoms with E-state index in [0.717, 1.165) is 12.1 Å². The highest BCUT2D eigenvalue weighted by Crippen LogP contribution is 2.38. The second-order valence-electron chi connectivity index (χ2n) is 5.99. The molecular formula is C18H16Br2F6N2O. The fourth-order valence-electron chi connectivity index (χ4n) is 2.59. The lowest BCUT2D eigenvalue weighted by molar-refractivity contribution is -0.137. The summed E-state index contributed by atoms with van der Waals surface area (Å²) in [6.07, 6.45) is -8.72. The van der Waals surface area contributed by atoms with Gasteiger partial charge in [-0.15, -0.1) is 0 Å². The van der Waals surface area contributed by atoms with Crippen LogP contribution < -0.4 is 10.6 Å². The molecule has 0 amide bonds. The van der Waals surface area contributed by atoms with Crippen LogP contribution in [0.3, 0.4) is 0 Å². The van der Waals surface area contributed by atoms with Crippen LogP contribution in [0.15, 0.2) is 45.3 Å². The lowest BCUT2D eigenvalue weighted by Crippen LogP contribution is -2.37.